The van der Waals surface area contributed by atoms with Gasteiger partial charge in [-0.2, -0.15) is 0 Å². The molecule has 5 heteroatoms. The van der Waals surface area contributed by atoms with Crippen LogP contribution >= 0.6 is 0 Å². The summed E-state index contributed by atoms with van der Waals surface area (Å²) in [5.41, 5.74) is 0. The van der Waals surface area contributed by atoms with Crippen molar-refractivity contribution in [2.45, 2.75) is 70.6 Å². The van der Waals surface area contributed by atoms with Crippen molar-refractivity contribution in [1.29, 1.82) is 0 Å². The summed E-state index contributed by atoms with van der Waals surface area (Å²) in [6, 6.07) is 0.574. The predicted molar refractivity (Wildman–Crippen MR) is 80.9 cm³/mol. The Labute approximate surface area is 128 Å². The molecule has 2 saturated heterocycles. The molecule has 3 aliphatic rings. The van der Waals surface area contributed by atoms with Crippen molar-refractivity contribution >= 4 is 0 Å². The fourth-order valence-corrected chi connectivity index (χ4v) is 5.01. The number of piperidine rings is 1. The van der Waals surface area contributed by atoms with Crippen molar-refractivity contribution in [3.63, 3.8) is 0 Å². The number of hydrogen-bond acceptors (Lipinski definition) is 3. The molecule has 3 rings (SSSR count). The lowest BCUT2D eigenvalue weighted by Crippen LogP contribution is -3.19. The Morgan fingerprint density at radius 3 is 2.76 bits per heavy atom. The van der Waals surface area contributed by atoms with Gasteiger partial charge in [0.15, 0.2) is 0 Å². The standard InChI is InChI=1S/C16H31N3O2/c1-12-7-8-17-10-13(2)18(16(17)9-12)11-14-5-3-4-6-15(14)19(20)21/h12-16,19-20H,3-11H2,1-2H3/p+1. The molecule has 2 aliphatic heterocycles. The molecule has 0 aromatic rings. The Kier molecular flexibility index (Phi) is 4.86. The molecule has 0 aromatic heterocycles. The topological polar surface area (TPSA) is 55.4 Å². The average molecular weight is 298 g/mol. The lowest BCUT2D eigenvalue weighted by Gasteiger charge is -2.39. The van der Waals surface area contributed by atoms with Gasteiger partial charge < -0.3 is 10.1 Å². The number of rotatable bonds is 3. The molecule has 5 nitrogen and oxygen atoms in total. The first-order valence-corrected chi connectivity index (χ1v) is 8.88. The van der Waals surface area contributed by atoms with Gasteiger partial charge in [-0.15, -0.1) is 0 Å². The van der Waals surface area contributed by atoms with Gasteiger partial charge in [-0.3, -0.25) is 0 Å². The Balaban J connectivity index is 1.67. The van der Waals surface area contributed by atoms with Crippen molar-refractivity contribution in [3.05, 3.63) is 5.21 Å². The Bertz CT molecular complexity index is 352. The minimum Gasteiger partial charge on any atom is -0.600 e. The fraction of sp³-hybridized carbons (Fsp3) is 1.00. The van der Waals surface area contributed by atoms with Crippen LogP contribution in [0.2, 0.25) is 0 Å². The normalized spacial score (nSPS) is 46.3. The summed E-state index contributed by atoms with van der Waals surface area (Å²) in [6.07, 6.45) is 7.62. The van der Waals surface area contributed by atoms with E-state index in [0.29, 0.717) is 18.1 Å². The van der Waals surface area contributed by atoms with Crippen LogP contribution in [-0.2, 0) is 0 Å². The van der Waals surface area contributed by atoms with Crippen LogP contribution in [0.15, 0.2) is 0 Å². The van der Waals surface area contributed by atoms with Crippen molar-refractivity contribution in [2.75, 3.05) is 19.6 Å². The summed E-state index contributed by atoms with van der Waals surface area (Å²) in [7, 11) is 0. The highest BCUT2D eigenvalue weighted by Gasteiger charge is 2.46. The number of hydroxylamine groups is 2. The Morgan fingerprint density at radius 2 is 2.00 bits per heavy atom. The predicted octanol–water partition coefficient (Wildman–Crippen LogP) is -0.338. The Hall–Kier alpha value is -0.200. The first kappa shape index (κ1) is 15.7. The van der Waals surface area contributed by atoms with Crippen molar-refractivity contribution in [3.8, 4) is 0 Å². The molecule has 2 heterocycles. The smallest absolute Gasteiger partial charge is 0.144 e. The van der Waals surface area contributed by atoms with Gasteiger partial charge in [0, 0.05) is 19.4 Å². The maximum absolute atomic E-state index is 11.5. The number of nitrogens with zero attached hydrogens (tertiary/aromatic N) is 1. The number of fused-ring (bicyclic) bond motifs is 1. The van der Waals surface area contributed by atoms with E-state index in [1.165, 1.54) is 32.4 Å². The summed E-state index contributed by atoms with van der Waals surface area (Å²) >= 11 is 0. The third kappa shape index (κ3) is 3.27. The van der Waals surface area contributed by atoms with E-state index in [9.17, 15) is 10.4 Å². The molecule has 21 heavy (non-hydrogen) atoms. The monoisotopic (exact) mass is 298 g/mol. The summed E-state index contributed by atoms with van der Waals surface area (Å²) in [6.45, 7) is 8.26. The molecule has 0 spiro atoms. The van der Waals surface area contributed by atoms with Crippen molar-refractivity contribution in [1.82, 2.24) is 4.90 Å². The highest BCUT2D eigenvalue weighted by Crippen LogP contribution is 2.25. The van der Waals surface area contributed by atoms with Crippen LogP contribution < -0.4 is 10.1 Å². The molecule has 3 N–H and O–H groups in total. The van der Waals surface area contributed by atoms with Crippen molar-refractivity contribution < 1.29 is 15.3 Å². The fourth-order valence-electron chi connectivity index (χ4n) is 5.01. The highest BCUT2D eigenvalue weighted by molar-refractivity contribution is 4.82. The molecule has 0 aromatic carbocycles. The summed E-state index contributed by atoms with van der Waals surface area (Å²) < 4.78 is 0. The SMILES string of the molecule is CC1CCN2CC(C)[NH+](CC3CCCCC3[NH+]([O-])O)C2C1. The van der Waals surface area contributed by atoms with Crippen LogP contribution in [0.25, 0.3) is 0 Å². The van der Waals surface area contributed by atoms with Gasteiger partial charge >= 0.3 is 0 Å². The molecule has 1 aliphatic carbocycles. The van der Waals surface area contributed by atoms with E-state index in [1.807, 2.05) is 0 Å². The molecular formula is C16H32N3O2+. The molecule has 3 fully saturated rings. The third-order valence-corrected chi connectivity index (χ3v) is 6.27. The summed E-state index contributed by atoms with van der Waals surface area (Å²) in [5.74, 6) is 1.22. The van der Waals surface area contributed by atoms with Crippen LogP contribution in [0.3, 0.4) is 0 Å². The highest BCUT2D eigenvalue weighted by atomic mass is 16.8. The molecule has 7 atom stereocenters. The molecule has 0 amide bonds. The van der Waals surface area contributed by atoms with Crippen LogP contribution in [0, 0.1) is 17.0 Å². The molecule has 0 bridgehead atoms. The third-order valence-electron chi connectivity index (χ3n) is 6.27. The molecule has 1 saturated carbocycles. The van der Waals surface area contributed by atoms with Crippen LogP contribution in [0.5, 0.6) is 0 Å². The van der Waals surface area contributed by atoms with Gasteiger partial charge in [0.2, 0.25) is 0 Å². The quantitative estimate of drug-likeness (QED) is 0.625. The number of nitrogens with one attached hydrogen (secondary N) is 2. The lowest BCUT2D eigenvalue weighted by molar-refractivity contribution is -1.07. The van der Waals surface area contributed by atoms with Gasteiger partial charge in [0.05, 0.1) is 25.0 Å². The van der Waals surface area contributed by atoms with Crippen molar-refractivity contribution in [2.24, 2.45) is 11.8 Å². The zero-order valence-electron chi connectivity index (χ0n) is 13.6. The van der Waals surface area contributed by atoms with E-state index in [2.05, 4.69) is 18.7 Å². The van der Waals surface area contributed by atoms with Crippen LogP contribution in [0.4, 0.5) is 0 Å². The molecule has 122 valence electrons. The first-order valence-electron chi connectivity index (χ1n) is 8.88. The molecular weight excluding hydrogens is 266 g/mol. The Morgan fingerprint density at radius 1 is 1.24 bits per heavy atom. The maximum Gasteiger partial charge on any atom is 0.144 e. The van der Waals surface area contributed by atoms with E-state index in [4.69, 9.17) is 0 Å². The maximum atomic E-state index is 11.5. The number of quaternary nitrogens is 2. The van der Waals surface area contributed by atoms with Crippen LogP contribution in [0.1, 0.15) is 52.4 Å². The second-order valence-corrected chi connectivity index (χ2v) is 7.81. The van der Waals surface area contributed by atoms with Gasteiger partial charge in [-0.1, -0.05) is 13.3 Å². The van der Waals surface area contributed by atoms with E-state index in [-0.39, 0.29) is 6.04 Å². The molecule has 0 radical (unpaired) electrons. The summed E-state index contributed by atoms with van der Waals surface area (Å²) in [5, 5.41) is 20.5. The second-order valence-electron chi connectivity index (χ2n) is 7.81. The van der Waals surface area contributed by atoms with E-state index >= 15 is 0 Å². The average Bonchev–Trinajstić information content (AvgIpc) is 2.75. The van der Waals surface area contributed by atoms with Gasteiger partial charge in [-0.05, 0) is 32.1 Å². The minimum absolute atomic E-state index is 0.0893. The largest absolute Gasteiger partial charge is 0.600 e. The minimum atomic E-state index is -0.556. The van der Waals surface area contributed by atoms with E-state index < -0.39 is 5.23 Å². The molecule has 7 unspecified atom stereocenters. The van der Waals surface area contributed by atoms with Gasteiger partial charge in [0.25, 0.3) is 0 Å². The zero-order chi connectivity index (χ0) is 15.0. The summed E-state index contributed by atoms with van der Waals surface area (Å²) in [4.78, 5) is 4.35. The number of hydrogen-bond donors (Lipinski definition) is 3. The lowest BCUT2D eigenvalue weighted by atomic mass is 9.84. The van der Waals surface area contributed by atoms with Crippen LogP contribution in [-0.4, -0.2) is 48.0 Å². The first-order chi connectivity index (χ1) is 10.1. The second kappa shape index (κ2) is 6.50. The van der Waals surface area contributed by atoms with E-state index in [0.717, 1.165) is 31.7 Å². The van der Waals surface area contributed by atoms with Gasteiger partial charge in [-0.25, -0.2) is 15.3 Å². The van der Waals surface area contributed by atoms with Gasteiger partial charge in [0.1, 0.15) is 12.2 Å². The van der Waals surface area contributed by atoms with E-state index in [1.54, 1.807) is 4.90 Å². The zero-order valence-corrected chi connectivity index (χ0v) is 13.6.